The lowest BCUT2D eigenvalue weighted by Crippen LogP contribution is -2.11. The Morgan fingerprint density at radius 1 is 1.31 bits per heavy atom. The molecule has 0 aliphatic heterocycles. The maximum absolute atomic E-state index is 10.5. The van der Waals surface area contributed by atoms with E-state index in [1.165, 1.54) is 6.07 Å². The molecule has 1 rings (SSSR count). The Balaban J connectivity index is 2.14. The van der Waals surface area contributed by atoms with Crippen molar-refractivity contribution < 1.29 is 23.8 Å². The number of carboxylic acids is 1. The Morgan fingerprint density at radius 2 is 2.06 bits per heavy atom. The van der Waals surface area contributed by atoms with Crippen LogP contribution in [0, 0.1) is 0 Å². The fourth-order valence-corrected chi connectivity index (χ4v) is 1.05. The van der Waals surface area contributed by atoms with Crippen molar-refractivity contribution in [2.45, 2.75) is 6.61 Å². The number of hydrogen-bond acceptors (Lipinski definition) is 5. The van der Waals surface area contributed by atoms with Gasteiger partial charge >= 0.3 is 5.97 Å². The number of rotatable bonds is 8. The summed E-state index contributed by atoms with van der Waals surface area (Å²) in [6, 6.07) is 2.97. The highest BCUT2D eigenvalue weighted by atomic mass is 16.5. The van der Waals surface area contributed by atoms with E-state index in [9.17, 15) is 4.79 Å². The molecule has 6 nitrogen and oxygen atoms in total. The first-order valence-electron chi connectivity index (χ1n) is 4.91. The lowest BCUT2D eigenvalue weighted by Gasteiger charge is -2.02. The molecule has 0 spiro atoms. The molecule has 0 radical (unpaired) electrons. The molecule has 3 N–H and O–H groups in total. The molecule has 0 saturated heterocycles. The zero-order valence-corrected chi connectivity index (χ0v) is 8.85. The first-order valence-corrected chi connectivity index (χ1v) is 4.91. The summed E-state index contributed by atoms with van der Waals surface area (Å²) in [6.45, 7) is 2.11. The Morgan fingerprint density at radius 3 is 2.69 bits per heavy atom. The summed E-state index contributed by atoms with van der Waals surface area (Å²) in [4.78, 5) is 10.5. The minimum absolute atomic E-state index is 0.0852. The maximum Gasteiger partial charge on any atom is 0.371 e. The number of ether oxygens (including phenoxy) is 2. The molecule has 0 unspecified atom stereocenters. The van der Waals surface area contributed by atoms with Crippen LogP contribution in [0.5, 0.6) is 0 Å². The van der Waals surface area contributed by atoms with E-state index in [0.29, 0.717) is 32.1 Å². The third-order valence-corrected chi connectivity index (χ3v) is 1.75. The van der Waals surface area contributed by atoms with E-state index in [4.69, 9.17) is 24.7 Å². The SMILES string of the molecule is NCCOCCOCc1ccc(C(=O)O)o1. The summed E-state index contributed by atoms with van der Waals surface area (Å²) < 4.78 is 15.3. The molecule has 6 heteroatoms. The molecule has 0 aliphatic rings. The van der Waals surface area contributed by atoms with Crippen LogP contribution in [0.2, 0.25) is 0 Å². The Bertz CT molecular complexity index is 323. The number of hydrogen-bond donors (Lipinski definition) is 2. The smallest absolute Gasteiger partial charge is 0.371 e. The second-order valence-corrected chi connectivity index (χ2v) is 3.02. The standard InChI is InChI=1S/C10H15NO5/c11-3-4-14-5-6-15-7-8-1-2-9(16-8)10(12)13/h1-2H,3-7,11H2,(H,12,13). The molecule has 0 saturated carbocycles. The molecule has 0 fully saturated rings. The van der Waals surface area contributed by atoms with Gasteiger partial charge in [0, 0.05) is 6.54 Å². The monoisotopic (exact) mass is 229 g/mol. The molecule has 1 aromatic rings. The largest absolute Gasteiger partial charge is 0.475 e. The van der Waals surface area contributed by atoms with Crippen molar-refractivity contribution in [3.63, 3.8) is 0 Å². The van der Waals surface area contributed by atoms with Crippen LogP contribution < -0.4 is 5.73 Å². The van der Waals surface area contributed by atoms with Gasteiger partial charge in [0.05, 0.1) is 19.8 Å². The average molecular weight is 229 g/mol. The molecule has 0 atom stereocenters. The van der Waals surface area contributed by atoms with Crippen molar-refractivity contribution in [2.75, 3.05) is 26.4 Å². The number of carbonyl (C=O) groups is 1. The van der Waals surface area contributed by atoms with Crippen molar-refractivity contribution in [1.82, 2.24) is 0 Å². The first kappa shape index (κ1) is 12.7. The van der Waals surface area contributed by atoms with E-state index in [0.717, 1.165) is 0 Å². The van der Waals surface area contributed by atoms with Gasteiger partial charge in [0.25, 0.3) is 0 Å². The minimum Gasteiger partial charge on any atom is -0.475 e. The molecule has 1 aromatic heterocycles. The zero-order valence-electron chi connectivity index (χ0n) is 8.85. The zero-order chi connectivity index (χ0) is 11.8. The predicted octanol–water partition coefficient (Wildman–Crippen LogP) is 0.470. The van der Waals surface area contributed by atoms with Crippen LogP contribution in [0.25, 0.3) is 0 Å². The van der Waals surface area contributed by atoms with Crippen molar-refractivity contribution in [3.05, 3.63) is 23.7 Å². The van der Waals surface area contributed by atoms with E-state index in [-0.39, 0.29) is 12.4 Å². The molecule has 90 valence electrons. The van der Waals surface area contributed by atoms with Gasteiger partial charge in [-0.15, -0.1) is 0 Å². The Kier molecular flexibility index (Phi) is 5.55. The van der Waals surface area contributed by atoms with Gasteiger partial charge in [0.2, 0.25) is 5.76 Å². The molecule has 0 amide bonds. The van der Waals surface area contributed by atoms with Crippen molar-refractivity contribution >= 4 is 5.97 Å². The van der Waals surface area contributed by atoms with Gasteiger partial charge in [-0.3, -0.25) is 0 Å². The number of carboxylic acid groups (broad SMARTS) is 1. The quantitative estimate of drug-likeness (QED) is 0.629. The minimum atomic E-state index is -1.09. The average Bonchev–Trinajstić information content (AvgIpc) is 2.72. The molecular formula is C10H15NO5. The molecule has 16 heavy (non-hydrogen) atoms. The highest BCUT2D eigenvalue weighted by molar-refractivity contribution is 5.84. The van der Waals surface area contributed by atoms with Crippen LogP contribution in [0.1, 0.15) is 16.3 Å². The highest BCUT2D eigenvalue weighted by Crippen LogP contribution is 2.08. The third kappa shape index (κ3) is 4.43. The van der Waals surface area contributed by atoms with Crippen LogP contribution >= 0.6 is 0 Å². The summed E-state index contributed by atoms with van der Waals surface area (Å²) in [5, 5.41) is 8.60. The molecule has 1 heterocycles. The van der Waals surface area contributed by atoms with Gasteiger partial charge in [-0.2, -0.15) is 0 Å². The normalized spacial score (nSPS) is 10.6. The van der Waals surface area contributed by atoms with E-state index in [1.807, 2.05) is 0 Å². The molecule has 0 bridgehead atoms. The van der Waals surface area contributed by atoms with Gasteiger partial charge in [0.1, 0.15) is 12.4 Å². The number of furan rings is 1. The van der Waals surface area contributed by atoms with Gasteiger partial charge < -0.3 is 24.7 Å². The van der Waals surface area contributed by atoms with E-state index in [1.54, 1.807) is 6.07 Å². The molecular weight excluding hydrogens is 214 g/mol. The number of nitrogens with two attached hydrogens (primary N) is 1. The van der Waals surface area contributed by atoms with E-state index < -0.39 is 5.97 Å². The maximum atomic E-state index is 10.5. The Hall–Kier alpha value is -1.37. The Labute approximate surface area is 92.9 Å². The summed E-state index contributed by atoms with van der Waals surface area (Å²) in [5.41, 5.74) is 5.23. The van der Waals surface area contributed by atoms with E-state index >= 15 is 0 Å². The lowest BCUT2D eigenvalue weighted by molar-refractivity contribution is 0.0363. The summed E-state index contributed by atoms with van der Waals surface area (Å²) in [7, 11) is 0. The van der Waals surface area contributed by atoms with Gasteiger partial charge in [-0.25, -0.2) is 4.79 Å². The molecule has 0 aromatic carbocycles. The van der Waals surface area contributed by atoms with Gasteiger partial charge in [-0.1, -0.05) is 0 Å². The fraction of sp³-hybridized carbons (Fsp3) is 0.500. The van der Waals surface area contributed by atoms with Crippen molar-refractivity contribution in [2.24, 2.45) is 5.73 Å². The first-order chi connectivity index (χ1) is 7.74. The number of aromatic carboxylic acids is 1. The predicted molar refractivity (Wildman–Crippen MR) is 55.2 cm³/mol. The van der Waals surface area contributed by atoms with E-state index in [2.05, 4.69) is 0 Å². The topological polar surface area (TPSA) is 94.9 Å². The summed E-state index contributed by atoms with van der Waals surface area (Å²) >= 11 is 0. The second kappa shape index (κ2) is 7.00. The molecule has 0 aliphatic carbocycles. The summed E-state index contributed by atoms with van der Waals surface area (Å²) in [6.07, 6.45) is 0. The highest BCUT2D eigenvalue weighted by Gasteiger charge is 2.08. The van der Waals surface area contributed by atoms with Gasteiger partial charge in [0.15, 0.2) is 0 Å². The van der Waals surface area contributed by atoms with Crippen molar-refractivity contribution in [3.8, 4) is 0 Å². The fourth-order valence-electron chi connectivity index (χ4n) is 1.05. The van der Waals surface area contributed by atoms with Crippen LogP contribution in [0.15, 0.2) is 16.5 Å². The van der Waals surface area contributed by atoms with Crippen LogP contribution in [-0.4, -0.2) is 37.4 Å². The van der Waals surface area contributed by atoms with Gasteiger partial charge in [-0.05, 0) is 12.1 Å². The lowest BCUT2D eigenvalue weighted by atomic mass is 10.4. The summed E-state index contributed by atoms with van der Waals surface area (Å²) in [5.74, 6) is -0.688. The van der Waals surface area contributed by atoms with Crippen LogP contribution in [0.3, 0.4) is 0 Å². The van der Waals surface area contributed by atoms with Crippen LogP contribution in [-0.2, 0) is 16.1 Å². The van der Waals surface area contributed by atoms with Crippen LogP contribution in [0.4, 0.5) is 0 Å². The third-order valence-electron chi connectivity index (χ3n) is 1.75. The van der Waals surface area contributed by atoms with Crippen molar-refractivity contribution in [1.29, 1.82) is 0 Å². The second-order valence-electron chi connectivity index (χ2n) is 3.02.